The Bertz CT molecular complexity index is 964. The number of nitrogens with zero attached hydrogens (tertiary/aromatic N) is 4. The molecule has 0 saturated heterocycles. The van der Waals surface area contributed by atoms with Crippen LogP contribution in [0.3, 0.4) is 0 Å². The fourth-order valence-electron chi connectivity index (χ4n) is 2.94. The third kappa shape index (κ3) is 4.27. The molecular formula is C21H20N6S. The lowest BCUT2D eigenvalue weighted by atomic mass is 10.1. The SMILES string of the molecule is Nc1c(Nc2nccs2)ncnc1N(Cc1ccccc1)Cc1ccccc1. The molecule has 2 heterocycles. The quantitative estimate of drug-likeness (QED) is 0.486. The predicted octanol–water partition coefficient (Wildman–Crippen LogP) is 4.47. The Morgan fingerprint density at radius 1 is 0.857 bits per heavy atom. The first-order valence-electron chi connectivity index (χ1n) is 8.89. The number of nitrogens with two attached hydrogens (primary N) is 1. The van der Waals surface area contributed by atoms with Gasteiger partial charge in [-0.25, -0.2) is 15.0 Å². The summed E-state index contributed by atoms with van der Waals surface area (Å²) in [5, 5.41) is 5.82. The molecule has 0 bridgehead atoms. The van der Waals surface area contributed by atoms with Crippen LogP contribution in [0, 0.1) is 0 Å². The summed E-state index contributed by atoms with van der Waals surface area (Å²) < 4.78 is 0. The summed E-state index contributed by atoms with van der Waals surface area (Å²) in [4.78, 5) is 15.2. The van der Waals surface area contributed by atoms with Crippen molar-refractivity contribution in [1.82, 2.24) is 15.0 Å². The van der Waals surface area contributed by atoms with Gasteiger partial charge in [0.25, 0.3) is 0 Å². The van der Waals surface area contributed by atoms with Crippen molar-refractivity contribution in [3.05, 3.63) is 89.7 Å². The van der Waals surface area contributed by atoms with E-state index < -0.39 is 0 Å². The van der Waals surface area contributed by atoms with Gasteiger partial charge in [-0.05, 0) is 11.1 Å². The molecule has 2 aromatic heterocycles. The average molecular weight is 389 g/mol. The molecule has 0 amide bonds. The van der Waals surface area contributed by atoms with Gasteiger partial charge >= 0.3 is 0 Å². The van der Waals surface area contributed by atoms with Crippen LogP contribution in [0.4, 0.5) is 22.5 Å². The van der Waals surface area contributed by atoms with Gasteiger partial charge in [0, 0.05) is 24.7 Å². The number of thiazole rings is 1. The molecule has 0 saturated carbocycles. The number of benzene rings is 2. The highest BCUT2D eigenvalue weighted by Gasteiger charge is 2.17. The van der Waals surface area contributed by atoms with E-state index in [4.69, 9.17) is 5.73 Å². The molecule has 7 heteroatoms. The number of nitrogen functional groups attached to an aromatic ring is 1. The van der Waals surface area contributed by atoms with E-state index in [1.807, 2.05) is 41.8 Å². The predicted molar refractivity (Wildman–Crippen MR) is 115 cm³/mol. The van der Waals surface area contributed by atoms with Crippen molar-refractivity contribution in [2.24, 2.45) is 0 Å². The highest BCUT2D eigenvalue weighted by atomic mass is 32.1. The Kier molecular flexibility index (Phi) is 5.44. The smallest absolute Gasteiger partial charge is 0.188 e. The van der Waals surface area contributed by atoms with E-state index in [0.29, 0.717) is 30.4 Å². The van der Waals surface area contributed by atoms with E-state index in [2.05, 4.69) is 49.4 Å². The number of hydrogen-bond acceptors (Lipinski definition) is 7. The molecule has 4 rings (SSSR count). The summed E-state index contributed by atoms with van der Waals surface area (Å²) in [6, 6.07) is 20.6. The summed E-state index contributed by atoms with van der Waals surface area (Å²) >= 11 is 1.49. The van der Waals surface area contributed by atoms with Crippen LogP contribution in [0.25, 0.3) is 0 Å². The van der Waals surface area contributed by atoms with Crippen LogP contribution >= 0.6 is 11.3 Å². The molecule has 4 aromatic rings. The van der Waals surface area contributed by atoms with Crippen molar-refractivity contribution < 1.29 is 0 Å². The van der Waals surface area contributed by atoms with Gasteiger partial charge in [-0.15, -0.1) is 11.3 Å². The first-order chi connectivity index (χ1) is 13.8. The van der Waals surface area contributed by atoms with E-state index in [0.717, 1.165) is 5.13 Å². The molecule has 28 heavy (non-hydrogen) atoms. The first-order valence-corrected chi connectivity index (χ1v) is 9.77. The fraction of sp³-hybridized carbons (Fsp3) is 0.0952. The Morgan fingerprint density at radius 3 is 2.07 bits per heavy atom. The van der Waals surface area contributed by atoms with E-state index >= 15 is 0 Å². The monoisotopic (exact) mass is 388 g/mol. The molecule has 0 spiro atoms. The zero-order chi connectivity index (χ0) is 19.2. The molecule has 2 aromatic carbocycles. The fourth-order valence-corrected chi connectivity index (χ4v) is 3.47. The Balaban J connectivity index is 1.67. The largest absolute Gasteiger partial charge is 0.393 e. The highest BCUT2D eigenvalue weighted by Crippen LogP contribution is 2.31. The van der Waals surface area contributed by atoms with Gasteiger partial charge in [0.15, 0.2) is 16.8 Å². The highest BCUT2D eigenvalue weighted by molar-refractivity contribution is 7.13. The van der Waals surface area contributed by atoms with Crippen molar-refractivity contribution in [2.45, 2.75) is 13.1 Å². The van der Waals surface area contributed by atoms with Gasteiger partial charge in [-0.3, -0.25) is 0 Å². The number of nitrogens with one attached hydrogen (secondary N) is 1. The van der Waals surface area contributed by atoms with Crippen molar-refractivity contribution in [2.75, 3.05) is 16.0 Å². The third-order valence-electron chi connectivity index (χ3n) is 4.25. The number of aromatic nitrogens is 3. The van der Waals surface area contributed by atoms with Crippen molar-refractivity contribution in [1.29, 1.82) is 0 Å². The molecule has 0 unspecified atom stereocenters. The van der Waals surface area contributed by atoms with Crippen LogP contribution < -0.4 is 16.0 Å². The molecule has 0 aliphatic rings. The topological polar surface area (TPSA) is 80.0 Å². The molecule has 3 N–H and O–H groups in total. The van der Waals surface area contributed by atoms with E-state index in [1.54, 1.807) is 6.20 Å². The second kappa shape index (κ2) is 8.49. The zero-order valence-corrected chi connectivity index (χ0v) is 16.0. The molecule has 0 radical (unpaired) electrons. The Labute approximate surface area is 167 Å². The normalized spacial score (nSPS) is 10.6. The number of rotatable bonds is 7. The van der Waals surface area contributed by atoms with Crippen LogP contribution in [0.15, 0.2) is 78.6 Å². The van der Waals surface area contributed by atoms with Gasteiger partial charge in [0.05, 0.1) is 0 Å². The second-order valence-corrected chi connectivity index (χ2v) is 7.14. The first kappa shape index (κ1) is 17.9. The van der Waals surface area contributed by atoms with Crippen molar-refractivity contribution in [3.8, 4) is 0 Å². The standard InChI is InChI=1S/C21H20N6S/c22-18-19(26-21-23-11-12-28-21)24-15-25-20(18)27(13-16-7-3-1-4-8-16)14-17-9-5-2-6-10-17/h1-12,15H,13-14,22H2,(H,23,24,25,26). The minimum absolute atomic E-state index is 0.504. The van der Waals surface area contributed by atoms with Crippen LogP contribution in [-0.4, -0.2) is 15.0 Å². The van der Waals surface area contributed by atoms with E-state index in [1.165, 1.54) is 28.8 Å². The van der Waals surface area contributed by atoms with Gasteiger partial charge in [0.2, 0.25) is 0 Å². The average Bonchev–Trinajstić information content (AvgIpc) is 3.24. The maximum atomic E-state index is 6.46. The van der Waals surface area contributed by atoms with Crippen molar-refractivity contribution >= 4 is 33.8 Å². The number of anilines is 4. The van der Waals surface area contributed by atoms with Crippen LogP contribution in [0.1, 0.15) is 11.1 Å². The Morgan fingerprint density at radius 2 is 1.50 bits per heavy atom. The van der Waals surface area contributed by atoms with Crippen molar-refractivity contribution in [3.63, 3.8) is 0 Å². The van der Waals surface area contributed by atoms with Crippen LogP contribution in [0.2, 0.25) is 0 Å². The number of hydrogen-bond donors (Lipinski definition) is 2. The molecular weight excluding hydrogens is 368 g/mol. The molecule has 6 nitrogen and oxygen atoms in total. The molecule has 140 valence electrons. The third-order valence-corrected chi connectivity index (χ3v) is 4.94. The van der Waals surface area contributed by atoms with Gasteiger partial charge in [-0.1, -0.05) is 60.7 Å². The summed E-state index contributed by atoms with van der Waals surface area (Å²) in [7, 11) is 0. The maximum absolute atomic E-state index is 6.46. The summed E-state index contributed by atoms with van der Waals surface area (Å²) in [6.45, 7) is 1.38. The lowest BCUT2D eigenvalue weighted by molar-refractivity contribution is 0.782. The van der Waals surface area contributed by atoms with Crippen LogP contribution in [-0.2, 0) is 13.1 Å². The lowest BCUT2D eigenvalue weighted by Gasteiger charge is -2.26. The minimum Gasteiger partial charge on any atom is -0.393 e. The summed E-state index contributed by atoms with van der Waals surface area (Å²) in [5.74, 6) is 1.26. The van der Waals surface area contributed by atoms with E-state index in [9.17, 15) is 0 Å². The van der Waals surface area contributed by atoms with Gasteiger partial charge < -0.3 is 16.0 Å². The maximum Gasteiger partial charge on any atom is 0.188 e. The molecule has 0 fully saturated rings. The summed E-state index contributed by atoms with van der Waals surface area (Å²) in [5.41, 5.74) is 9.33. The summed E-state index contributed by atoms with van der Waals surface area (Å²) in [6.07, 6.45) is 3.27. The molecule has 0 aliphatic carbocycles. The lowest BCUT2D eigenvalue weighted by Crippen LogP contribution is -2.24. The van der Waals surface area contributed by atoms with Crippen LogP contribution in [0.5, 0.6) is 0 Å². The van der Waals surface area contributed by atoms with Gasteiger partial charge in [0.1, 0.15) is 12.0 Å². The minimum atomic E-state index is 0.504. The zero-order valence-electron chi connectivity index (χ0n) is 15.2. The second-order valence-electron chi connectivity index (χ2n) is 6.25. The Hall–Kier alpha value is -3.45. The van der Waals surface area contributed by atoms with E-state index in [-0.39, 0.29) is 0 Å². The molecule has 0 aliphatic heterocycles. The van der Waals surface area contributed by atoms with Gasteiger partial charge in [-0.2, -0.15) is 0 Å². The molecule has 0 atom stereocenters.